The van der Waals surface area contributed by atoms with Crippen molar-refractivity contribution >= 4 is 40.6 Å². The maximum absolute atomic E-state index is 12.2. The van der Waals surface area contributed by atoms with Gasteiger partial charge in [0.25, 0.3) is 0 Å². The molecule has 2 aromatic rings. The summed E-state index contributed by atoms with van der Waals surface area (Å²) in [6.45, 7) is 0. The van der Waals surface area contributed by atoms with E-state index in [0.717, 1.165) is 0 Å². The summed E-state index contributed by atoms with van der Waals surface area (Å²) >= 11 is 5.73. The van der Waals surface area contributed by atoms with E-state index in [9.17, 15) is 35.0 Å². The van der Waals surface area contributed by atoms with Crippen molar-refractivity contribution in [3.8, 4) is 0 Å². The Hall–Kier alpha value is -3.93. The van der Waals surface area contributed by atoms with E-state index < -0.39 is 54.3 Å². The van der Waals surface area contributed by atoms with Crippen LogP contribution in [0.3, 0.4) is 0 Å². The van der Waals surface area contributed by atoms with Gasteiger partial charge >= 0.3 is 29.0 Å². The largest absolute Gasteiger partial charge is 0.594 e. The van der Waals surface area contributed by atoms with Crippen molar-refractivity contribution in [2.75, 3.05) is 0 Å². The third kappa shape index (κ3) is 3.85. The Kier molecular flexibility index (Phi) is 5.41. The molecule has 2 aromatic carbocycles. The fourth-order valence-electron chi connectivity index (χ4n) is 2.05. The van der Waals surface area contributed by atoms with Crippen LogP contribution in [0.4, 0.5) is 17.1 Å². The monoisotopic (exact) mass is 394 g/mol. The molecule has 13 heteroatoms. The van der Waals surface area contributed by atoms with Crippen LogP contribution >= 0.6 is 11.6 Å². The highest BCUT2D eigenvalue weighted by Gasteiger charge is 2.40. The molecule has 0 aliphatic heterocycles. The van der Waals surface area contributed by atoms with Crippen molar-refractivity contribution < 1.29 is 29.0 Å². The van der Waals surface area contributed by atoms with Crippen molar-refractivity contribution in [2.45, 2.75) is 0 Å². The lowest BCUT2D eigenvalue weighted by molar-refractivity contribution is -0.489. The summed E-state index contributed by atoms with van der Waals surface area (Å²) < 4.78 is 4.53. The Morgan fingerprint density at radius 3 is 2.04 bits per heavy atom. The number of benzene rings is 2. The molecule has 0 bridgehead atoms. The minimum absolute atomic E-state index is 0.0283. The number of ether oxygens (including phenoxy) is 1. The molecule has 0 aliphatic carbocycles. The molecule has 138 valence electrons. The maximum atomic E-state index is 12.2. The zero-order valence-corrected chi connectivity index (χ0v) is 13.7. The zero-order valence-electron chi connectivity index (χ0n) is 12.9. The van der Waals surface area contributed by atoms with Crippen LogP contribution in [0.15, 0.2) is 36.4 Å². The lowest BCUT2D eigenvalue weighted by Crippen LogP contribution is -2.15. The van der Waals surface area contributed by atoms with E-state index in [4.69, 9.17) is 17.1 Å². The SMILES string of the molecule is N=[N+]([O-])c1c([N+](=O)[O-])cc(C(=O)OC(=O)c2ccccc2)c(Cl)c1[N+](=O)[O-]. The van der Waals surface area contributed by atoms with E-state index >= 15 is 0 Å². The van der Waals surface area contributed by atoms with E-state index in [1.165, 1.54) is 24.3 Å². The second kappa shape index (κ2) is 7.53. The van der Waals surface area contributed by atoms with Gasteiger partial charge in [-0.05, 0) is 22.5 Å². The van der Waals surface area contributed by atoms with Crippen molar-refractivity contribution in [3.05, 3.63) is 78.0 Å². The van der Waals surface area contributed by atoms with Gasteiger partial charge in [-0.2, -0.15) is 0 Å². The van der Waals surface area contributed by atoms with Crippen LogP contribution in [0.2, 0.25) is 5.02 Å². The summed E-state index contributed by atoms with van der Waals surface area (Å²) in [6.07, 6.45) is 0. The number of halogens is 1. The first kappa shape index (κ1) is 19.4. The first-order chi connectivity index (χ1) is 12.6. The molecule has 0 atom stereocenters. The fraction of sp³-hybridized carbons (Fsp3) is 0. The average molecular weight is 395 g/mol. The van der Waals surface area contributed by atoms with Crippen molar-refractivity contribution in [2.24, 2.45) is 0 Å². The lowest BCUT2D eigenvalue weighted by Gasteiger charge is -2.07. The topological polar surface area (TPSA) is 180 Å². The summed E-state index contributed by atoms with van der Waals surface area (Å²) in [5.41, 5.74) is 2.17. The number of hydrogen-bond acceptors (Lipinski definition) is 9. The van der Waals surface area contributed by atoms with Gasteiger partial charge in [-0.25, -0.2) is 9.59 Å². The zero-order chi connectivity index (χ0) is 20.3. The normalized spacial score (nSPS) is 10.1. The maximum Gasteiger partial charge on any atom is 0.399 e. The van der Waals surface area contributed by atoms with Crippen LogP contribution in [0.5, 0.6) is 0 Å². The van der Waals surface area contributed by atoms with Crippen molar-refractivity contribution in [1.29, 1.82) is 5.53 Å². The number of nitro groups is 2. The van der Waals surface area contributed by atoms with Crippen LogP contribution in [-0.4, -0.2) is 26.6 Å². The third-order valence-corrected chi connectivity index (χ3v) is 3.57. The number of esters is 2. The van der Waals surface area contributed by atoms with Crippen molar-refractivity contribution in [3.63, 3.8) is 0 Å². The molecule has 12 nitrogen and oxygen atoms in total. The Bertz CT molecular complexity index is 992. The fourth-order valence-corrected chi connectivity index (χ4v) is 2.34. The Balaban J connectivity index is 2.58. The van der Waals surface area contributed by atoms with E-state index in [0.29, 0.717) is 6.07 Å². The molecule has 0 radical (unpaired) electrons. The molecule has 0 amide bonds. The molecule has 0 unspecified atom stereocenters. The molecule has 0 saturated carbocycles. The second-order valence-electron chi connectivity index (χ2n) is 4.81. The summed E-state index contributed by atoms with van der Waals surface area (Å²) in [4.78, 5) is 43.0. The van der Waals surface area contributed by atoms with Gasteiger partial charge in [-0.15, -0.1) is 0 Å². The average Bonchev–Trinajstić information content (AvgIpc) is 2.60. The summed E-state index contributed by atoms with van der Waals surface area (Å²) in [6, 6.07) is 7.62. The third-order valence-electron chi connectivity index (χ3n) is 3.19. The number of nitrogens with one attached hydrogen (secondary N) is 1. The molecule has 0 saturated heterocycles. The quantitative estimate of drug-likeness (QED) is 0.200. The predicted molar refractivity (Wildman–Crippen MR) is 87.0 cm³/mol. The number of rotatable bonds is 5. The van der Waals surface area contributed by atoms with Crippen LogP contribution in [-0.2, 0) is 4.74 Å². The van der Waals surface area contributed by atoms with Crippen LogP contribution in [0, 0.1) is 31.0 Å². The van der Waals surface area contributed by atoms with E-state index in [-0.39, 0.29) is 5.56 Å². The first-order valence-corrected chi connectivity index (χ1v) is 7.18. The molecular weight excluding hydrogens is 388 g/mol. The summed E-state index contributed by atoms with van der Waals surface area (Å²) in [5, 5.41) is 32.5. The number of hydrogen-bond donors (Lipinski definition) is 1. The van der Waals surface area contributed by atoms with Crippen LogP contribution in [0.25, 0.3) is 0 Å². The number of carbonyl (C=O) groups excluding carboxylic acids is 2. The van der Waals surface area contributed by atoms with Gasteiger partial charge in [0, 0.05) is 6.07 Å². The molecule has 2 rings (SSSR count). The Morgan fingerprint density at radius 1 is 0.963 bits per heavy atom. The number of nitro benzene ring substituents is 2. The Morgan fingerprint density at radius 2 is 1.56 bits per heavy atom. The van der Waals surface area contributed by atoms with Crippen molar-refractivity contribution in [1.82, 2.24) is 0 Å². The number of carbonyl (C=O) groups is 2. The van der Waals surface area contributed by atoms with E-state index in [1.807, 2.05) is 0 Å². The minimum Gasteiger partial charge on any atom is -0.594 e. The summed E-state index contributed by atoms with van der Waals surface area (Å²) in [5.74, 6) is -2.63. The van der Waals surface area contributed by atoms with Crippen LogP contribution < -0.4 is 0 Å². The molecule has 1 N–H and O–H groups in total. The molecule has 27 heavy (non-hydrogen) atoms. The standard InChI is InChI=1S/C14H7ClN4O8/c15-10-8(14(21)27-13(20)7-4-2-1-3-5-7)6-9(18(23)24)11(17(16)22)12(10)19(25)26/h1-6,16H. The van der Waals surface area contributed by atoms with Gasteiger partial charge < -0.3 is 9.94 Å². The predicted octanol–water partition coefficient (Wildman–Crippen LogP) is 3.33. The van der Waals surface area contributed by atoms with Gasteiger partial charge in [-0.3, -0.25) is 20.2 Å². The van der Waals surface area contributed by atoms with E-state index in [1.54, 1.807) is 6.07 Å². The Labute approximate surface area is 153 Å². The lowest BCUT2D eigenvalue weighted by atomic mass is 10.1. The van der Waals surface area contributed by atoms with Gasteiger partial charge in [0.2, 0.25) is 0 Å². The van der Waals surface area contributed by atoms with Gasteiger partial charge in [0.1, 0.15) is 5.02 Å². The molecular formula is C14H7ClN4O8. The van der Waals surface area contributed by atoms with Crippen LogP contribution in [0.1, 0.15) is 20.7 Å². The molecule has 0 fully saturated rings. The highest BCUT2D eigenvalue weighted by Crippen LogP contribution is 2.43. The van der Waals surface area contributed by atoms with Gasteiger partial charge in [0.05, 0.1) is 21.0 Å². The van der Waals surface area contributed by atoms with Gasteiger partial charge in [0.15, 0.2) is 0 Å². The highest BCUT2D eigenvalue weighted by atomic mass is 35.5. The highest BCUT2D eigenvalue weighted by molar-refractivity contribution is 6.36. The minimum atomic E-state index is -1.51. The number of nitrogens with zero attached hydrogens (tertiary/aromatic N) is 3. The molecule has 0 aliphatic rings. The van der Waals surface area contributed by atoms with Gasteiger partial charge in [-0.1, -0.05) is 29.8 Å². The smallest absolute Gasteiger partial charge is 0.399 e. The molecule has 0 spiro atoms. The second-order valence-corrected chi connectivity index (χ2v) is 5.18. The molecule has 0 aromatic heterocycles. The summed E-state index contributed by atoms with van der Waals surface area (Å²) in [7, 11) is 0. The van der Waals surface area contributed by atoms with E-state index in [2.05, 4.69) is 4.74 Å². The first-order valence-electron chi connectivity index (χ1n) is 6.80. The molecule has 0 heterocycles.